The maximum atomic E-state index is 13.0. The van der Waals surface area contributed by atoms with Crippen molar-refractivity contribution in [3.05, 3.63) is 59.9 Å². The first-order chi connectivity index (χ1) is 13.3. The van der Waals surface area contributed by atoms with E-state index < -0.39 is 15.9 Å². The van der Waals surface area contributed by atoms with E-state index >= 15 is 0 Å². The number of nitrogens with zero attached hydrogens (tertiary/aromatic N) is 1. The summed E-state index contributed by atoms with van der Waals surface area (Å²) in [7, 11) is -4.04. The molecule has 0 saturated carbocycles. The normalized spacial score (nSPS) is 12.4. The van der Waals surface area contributed by atoms with E-state index in [0.29, 0.717) is 13.0 Å². The summed E-state index contributed by atoms with van der Waals surface area (Å²) in [6.07, 6.45) is 2.15. The Kier molecular flexibility index (Phi) is 7.57. The van der Waals surface area contributed by atoms with Gasteiger partial charge in [0.25, 0.3) is 0 Å². The second-order valence-corrected chi connectivity index (χ2v) is 8.21. The van der Waals surface area contributed by atoms with Crippen LogP contribution in [-0.4, -0.2) is 25.3 Å². The van der Waals surface area contributed by atoms with Crippen LogP contribution < -0.4 is 4.18 Å². The largest absolute Gasteiger partial charge is 0.379 e. The first kappa shape index (κ1) is 21.9. The summed E-state index contributed by atoms with van der Waals surface area (Å²) >= 11 is 0. The summed E-state index contributed by atoms with van der Waals surface area (Å²) in [5, 5.41) is 0. The third kappa shape index (κ3) is 5.79. The minimum absolute atomic E-state index is 0.107. The van der Waals surface area contributed by atoms with Gasteiger partial charge in [0.15, 0.2) is 0 Å². The molecule has 0 aliphatic carbocycles. The lowest BCUT2D eigenvalue weighted by Crippen LogP contribution is -2.37. The van der Waals surface area contributed by atoms with Gasteiger partial charge in [-0.1, -0.05) is 26.0 Å². The maximum absolute atomic E-state index is 13.0. The molecule has 0 bridgehead atoms. The Balaban J connectivity index is 2.11. The summed E-state index contributed by atoms with van der Waals surface area (Å²) in [6.45, 7) is 6.48. The van der Waals surface area contributed by atoms with Crippen LogP contribution in [0.1, 0.15) is 45.6 Å². The van der Waals surface area contributed by atoms with E-state index in [1.54, 1.807) is 24.3 Å². The molecule has 2 aromatic carbocycles. The molecule has 0 unspecified atom stereocenters. The van der Waals surface area contributed by atoms with Gasteiger partial charge in [-0.3, -0.25) is 4.79 Å². The van der Waals surface area contributed by atoms with Crippen molar-refractivity contribution in [2.24, 2.45) is 0 Å². The Morgan fingerprint density at radius 1 is 1.07 bits per heavy atom. The molecule has 2 aromatic rings. The molecule has 1 amide bonds. The van der Waals surface area contributed by atoms with Gasteiger partial charge in [-0.05, 0) is 61.7 Å². The average Bonchev–Trinajstić information content (AvgIpc) is 2.67. The van der Waals surface area contributed by atoms with Crippen molar-refractivity contribution in [2.75, 3.05) is 0 Å². The fourth-order valence-electron chi connectivity index (χ4n) is 2.69. The van der Waals surface area contributed by atoms with Gasteiger partial charge in [0.1, 0.15) is 16.5 Å². The van der Waals surface area contributed by atoms with Gasteiger partial charge in [-0.2, -0.15) is 8.42 Å². The van der Waals surface area contributed by atoms with Crippen LogP contribution in [0.4, 0.5) is 4.39 Å². The van der Waals surface area contributed by atoms with Crippen LogP contribution in [0, 0.1) is 5.82 Å². The highest BCUT2D eigenvalue weighted by Crippen LogP contribution is 2.21. The molecule has 5 nitrogen and oxygen atoms in total. The fraction of sp³-hybridized carbons (Fsp3) is 0.381. The van der Waals surface area contributed by atoms with Crippen LogP contribution in [-0.2, 0) is 21.5 Å². The van der Waals surface area contributed by atoms with Gasteiger partial charge in [-0.15, -0.1) is 0 Å². The molecule has 0 spiro atoms. The zero-order chi connectivity index (χ0) is 20.7. The van der Waals surface area contributed by atoms with E-state index in [0.717, 1.165) is 42.7 Å². The summed E-state index contributed by atoms with van der Waals surface area (Å²) < 4.78 is 42.6. The maximum Gasteiger partial charge on any atom is 0.339 e. The zero-order valence-electron chi connectivity index (χ0n) is 16.4. The SMILES string of the molecule is CCCC(=O)N(Cc1ccc(OS(=O)(=O)c2ccc(F)cc2)cc1)[C@H](C)CC. The highest BCUT2D eigenvalue weighted by Gasteiger charge is 2.19. The van der Waals surface area contributed by atoms with Crippen molar-refractivity contribution in [3.63, 3.8) is 0 Å². The molecule has 1 atom stereocenters. The Hall–Kier alpha value is -2.41. The monoisotopic (exact) mass is 407 g/mol. The summed E-state index contributed by atoms with van der Waals surface area (Å²) in [5.41, 5.74) is 0.885. The molecule has 0 aliphatic heterocycles. The topological polar surface area (TPSA) is 63.7 Å². The van der Waals surface area contributed by atoms with Crippen molar-refractivity contribution in [1.29, 1.82) is 0 Å². The summed E-state index contributed by atoms with van der Waals surface area (Å²) in [5.74, 6) is -0.258. The molecule has 0 saturated heterocycles. The molecule has 0 aromatic heterocycles. The lowest BCUT2D eigenvalue weighted by atomic mass is 10.1. The van der Waals surface area contributed by atoms with Crippen LogP contribution in [0.3, 0.4) is 0 Å². The number of benzene rings is 2. The standard InChI is InChI=1S/C21H26FNO4S/c1-4-6-21(24)23(16(3)5-2)15-17-7-11-19(12-8-17)27-28(25,26)20-13-9-18(22)10-14-20/h7-14,16H,4-6,15H2,1-3H3/t16-/m1/s1. The number of halogens is 1. The quantitative estimate of drug-likeness (QED) is 0.573. The molecule has 2 rings (SSSR count). The van der Waals surface area contributed by atoms with Crippen LogP contribution in [0.2, 0.25) is 0 Å². The predicted molar refractivity (Wildman–Crippen MR) is 106 cm³/mol. The molecule has 0 N–H and O–H groups in total. The van der Waals surface area contributed by atoms with E-state index in [2.05, 4.69) is 0 Å². The van der Waals surface area contributed by atoms with Gasteiger partial charge >= 0.3 is 10.1 Å². The first-order valence-electron chi connectivity index (χ1n) is 9.35. The van der Waals surface area contributed by atoms with Crippen LogP contribution in [0.15, 0.2) is 53.4 Å². The molecule has 7 heteroatoms. The highest BCUT2D eigenvalue weighted by molar-refractivity contribution is 7.87. The highest BCUT2D eigenvalue weighted by atomic mass is 32.2. The van der Waals surface area contributed by atoms with Gasteiger partial charge in [0.05, 0.1) is 0 Å². The molecule has 152 valence electrons. The zero-order valence-corrected chi connectivity index (χ0v) is 17.2. The molecule has 0 radical (unpaired) electrons. The predicted octanol–water partition coefficient (Wildman–Crippen LogP) is 4.52. The smallest absolute Gasteiger partial charge is 0.339 e. The number of hydrogen-bond donors (Lipinski definition) is 0. The Bertz CT molecular complexity index is 880. The molecular weight excluding hydrogens is 381 g/mol. The van der Waals surface area contributed by atoms with E-state index in [-0.39, 0.29) is 22.6 Å². The van der Waals surface area contributed by atoms with Gasteiger partial charge < -0.3 is 9.08 Å². The first-order valence-corrected chi connectivity index (χ1v) is 10.8. The third-order valence-electron chi connectivity index (χ3n) is 4.49. The number of rotatable bonds is 9. The van der Waals surface area contributed by atoms with E-state index in [9.17, 15) is 17.6 Å². The number of carbonyl (C=O) groups excluding carboxylic acids is 1. The van der Waals surface area contributed by atoms with Crippen molar-refractivity contribution in [2.45, 2.75) is 57.5 Å². The van der Waals surface area contributed by atoms with Crippen molar-refractivity contribution >= 4 is 16.0 Å². The Morgan fingerprint density at radius 2 is 1.68 bits per heavy atom. The van der Waals surface area contributed by atoms with Crippen molar-refractivity contribution in [1.82, 2.24) is 4.90 Å². The lowest BCUT2D eigenvalue weighted by molar-refractivity contribution is -0.134. The molecule has 0 heterocycles. The van der Waals surface area contributed by atoms with Gasteiger partial charge in [0.2, 0.25) is 5.91 Å². The van der Waals surface area contributed by atoms with Crippen molar-refractivity contribution < 1.29 is 21.8 Å². The minimum atomic E-state index is -4.04. The van der Waals surface area contributed by atoms with Gasteiger partial charge in [-0.25, -0.2) is 4.39 Å². The number of carbonyl (C=O) groups is 1. The molecule has 0 aliphatic rings. The van der Waals surface area contributed by atoms with E-state index in [4.69, 9.17) is 4.18 Å². The van der Waals surface area contributed by atoms with Crippen LogP contribution in [0.25, 0.3) is 0 Å². The Morgan fingerprint density at radius 3 is 2.21 bits per heavy atom. The van der Waals surface area contributed by atoms with Gasteiger partial charge in [0, 0.05) is 19.0 Å². The van der Waals surface area contributed by atoms with Crippen molar-refractivity contribution in [3.8, 4) is 5.75 Å². The summed E-state index contributed by atoms with van der Waals surface area (Å²) in [6, 6.07) is 11.1. The fourth-order valence-corrected chi connectivity index (χ4v) is 3.62. The number of amides is 1. The van der Waals surface area contributed by atoms with E-state index in [1.807, 2.05) is 25.7 Å². The Labute approximate surface area is 166 Å². The third-order valence-corrected chi connectivity index (χ3v) is 5.75. The lowest BCUT2D eigenvalue weighted by Gasteiger charge is -2.29. The van der Waals surface area contributed by atoms with Crippen LogP contribution in [0.5, 0.6) is 5.75 Å². The average molecular weight is 408 g/mol. The molecule has 28 heavy (non-hydrogen) atoms. The second kappa shape index (κ2) is 9.68. The minimum Gasteiger partial charge on any atom is -0.379 e. The van der Waals surface area contributed by atoms with Crippen LogP contribution >= 0.6 is 0 Å². The van der Waals surface area contributed by atoms with E-state index in [1.165, 1.54) is 0 Å². The second-order valence-electron chi connectivity index (χ2n) is 6.66. The summed E-state index contributed by atoms with van der Waals surface area (Å²) in [4.78, 5) is 14.1. The molecule has 0 fully saturated rings. The molecular formula is C21H26FNO4S. The number of hydrogen-bond acceptors (Lipinski definition) is 4.